The van der Waals surface area contributed by atoms with E-state index in [-0.39, 0.29) is 4.90 Å². The quantitative estimate of drug-likeness (QED) is 0.912. The lowest BCUT2D eigenvalue weighted by Gasteiger charge is -2.10. The summed E-state index contributed by atoms with van der Waals surface area (Å²) in [7, 11) is -3.64. The van der Waals surface area contributed by atoms with Crippen molar-refractivity contribution < 1.29 is 8.42 Å². The van der Waals surface area contributed by atoms with E-state index in [2.05, 4.69) is 5.32 Å². The van der Waals surface area contributed by atoms with E-state index in [1.165, 1.54) is 12.1 Å². The van der Waals surface area contributed by atoms with Crippen molar-refractivity contribution in [2.24, 2.45) is 5.14 Å². The minimum atomic E-state index is -3.64. The van der Waals surface area contributed by atoms with Gasteiger partial charge in [-0.25, -0.2) is 13.6 Å². The second-order valence-electron chi connectivity index (χ2n) is 4.49. The Morgan fingerprint density at radius 1 is 1.15 bits per heavy atom. The van der Waals surface area contributed by atoms with Crippen LogP contribution in [0.4, 0.5) is 5.69 Å². The van der Waals surface area contributed by atoms with E-state index in [4.69, 9.17) is 16.7 Å². The van der Waals surface area contributed by atoms with Crippen LogP contribution < -0.4 is 10.5 Å². The first kappa shape index (κ1) is 14.8. The molecule has 6 heteroatoms. The Hall–Kier alpha value is -1.56. The molecule has 0 bridgehead atoms. The molecule has 0 atom stereocenters. The van der Waals surface area contributed by atoms with Gasteiger partial charge in [0.25, 0.3) is 0 Å². The summed E-state index contributed by atoms with van der Waals surface area (Å²) < 4.78 is 22.3. The van der Waals surface area contributed by atoms with Crippen molar-refractivity contribution in [3.63, 3.8) is 0 Å². The zero-order valence-corrected chi connectivity index (χ0v) is 12.5. The van der Waals surface area contributed by atoms with Crippen molar-refractivity contribution in [1.29, 1.82) is 0 Å². The van der Waals surface area contributed by atoms with Crippen LogP contribution in [0.3, 0.4) is 0 Å². The lowest BCUT2D eigenvalue weighted by atomic mass is 10.1. The Bertz CT molecular complexity index is 712. The Labute approximate surface area is 123 Å². The van der Waals surface area contributed by atoms with Gasteiger partial charge in [0.15, 0.2) is 0 Å². The number of aryl methyl sites for hydroxylation is 1. The molecule has 106 valence electrons. The van der Waals surface area contributed by atoms with Crippen LogP contribution >= 0.6 is 11.6 Å². The van der Waals surface area contributed by atoms with Crippen molar-refractivity contribution in [1.82, 2.24) is 0 Å². The van der Waals surface area contributed by atoms with Gasteiger partial charge in [0.05, 0.1) is 4.90 Å². The molecule has 0 saturated heterocycles. The van der Waals surface area contributed by atoms with Gasteiger partial charge >= 0.3 is 0 Å². The van der Waals surface area contributed by atoms with Crippen molar-refractivity contribution in [3.05, 3.63) is 58.6 Å². The van der Waals surface area contributed by atoms with Crippen LogP contribution in [-0.2, 0) is 16.6 Å². The second-order valence-corrected chi connectivity index (χ2v) is 6.49. The molecule has 0 radical (unpaired) electrons. The molecule has 20 heavy (non-hydrogen) atoms. The minimum Gasteiger partial charge on any atom is -0.381 e. The molecule has 0 heterocycles. The lowest BCUT2D eigenvalue weighted by molar-refractivity contribution is 0.598. The number of hydrogen-bond donors (Lipinski definition) is 2. The first-order chi connectivity index (χ1) is 9.36. The molecule has 0 spiro atoms. The van der Waals surface area contributed by atoms with Crippen LogP contribution in [0.2, 0.25) is 5.02 Å². The third-order valence-corrected chi connectivity index (χ3v) is 4.13. The number of anilines is 1. The Morgan fingerprint density at radius 2 is 1.80 bits per heavy atom. The van der Waals surface area contributed by atoms with Crippen LogP contribution in [0.1, 0.15) is 11.1 Å². The fourth-order valence-corrected chi connectivity index (χ4v) is 2.56. The number of hydrogen-bond acceptors (Lipinski definition) is 3. The maximum absolute atomic E-state index is 11.1. The number of nitrogens with two attached hydrogens (primary N) is 1. The van der Waals surface area contributed by atoms with Crippen LogP contribution in [0.25, 0.3) is 0 Å². The largest absolute Gasteiger partial charge is 0.381 e. The monoisotopic (exact) mass is 310 g/mol. The number of benzene rings is 2. The maximum atomic E-state index is 11.1. The van der Waals surface area contributed by atoms with E-state index in [9.17, 15) is 8.42 Å². The number of primary sulfonamides is 1. The normalized spacial score (nSPS) is 11.3. The molecule has 0 unspecified atom stereocenters. The highest BCUT2D eigenvalue weighted by Crippen LogP contribution is 2.18. The first-order valence-electron chi connectivity index (χ1n) is 5.98. The van der Waals surface area contributed by atoms with E-state index >= 15 is 0 Å². The van der Waals surface area contributed by atoms with Gasteiger partial charge in [0.2, 0.25) is 10.0 Å². The number of rotatable bonds is 4. The van der Waals surface area contributed by atoms with Crippen LogP contribution in [0.15, 0.2) is 47.4 Å². The van der Waals surface area contributed by atoms with Crippen LogP contribution in [0, 0.1) is 6.92 Å². The fraction of sp³-hybridized carbons (Fsp3) is 0.143. The van der Waals surface area contributed by atoms with Gasteiger partial charge in [0.1, 0.15) is 0 Å². The van der Waals surface area contributed by atoms with Gasteiger partial charge in [-0.15, -0.1) is 0 Å². The van der Waals surface area contributed by atoms with Gasteiger partial charge in [0, 0.05) is 17.3 Å². The molecule has 0 aliphatic heterocycles. The second kappa shape index (κ2) is 5.83. The average molecular weight is 311 g/mol. The Kier molecular flexibility index (Phi) is 4.32. The molecule has 0 amide bonds. The van der Waals surface area contributed by atoms with Crippen molar-refractivity contribution in [3.8, 4) is 0 Å². The van der Waals surface area contributed by atoms with E-state index < -0.39 is 10.0 Å². The SMILES string of the molecule is Cc1cc(Cl)ccc1CNc1ccc(S(N)(=O)=O)cc1. The highest BCUT2D eigenvalue weighted by molar-refractivity contribution is 7.89. The topological polar surface area (TPSA) is 72.2 Å². The highest BCUT2D eigenvalue weighted by atomic mass is 35.5. The van der Waals surface area contributed by atoms with E-state index in [0.29, 0.717) is 11.6 Å². The van der Waals surface area contributed by atoms with E-state index in [0.717, 1.165) is 16.8 Å². The summed E-state index contributed by atoms with van der Waals surface area (Å²) >= 11 is 5.91. The van der Waals surface area contributed by atoms with Gasteiger partial charge in [-0.05, 0) is 54.4 Å². The van der Waals surface area contributed by atoms with Gasteiger partial charge in [-0.2, -0.15) is 0 Å². The van der Waals surface area contributed by atoms with Crippen molar-refractivity contribution in [2.75, 3.05) is 5.32 Å². The molecule has 2 aromatic rings. The maximum Gasteiger partial charge on any atom is 0.238 e. The molecular formula is C14H15ClN2O2S. The zero-order chi connectivity index (χ0) is 14.8. The summed E-state index contributed by atoms with van der Waals surface area (Å²) in [6.07, 6.45) is 0. The summed E-state index contributed by atoms with van der Waals surface area (Å²) in [6.45, 7) is 2.63. The van der Waals surface area contributed by atoms with Crippen LogP contribution in [-0.4, -0.2) is 8.42 Å². The number of halogens is 1. The number of nitrogens with one attached hydrogen (secondary N) is 1. The summed E-state index contributed by atoms with van der Waals surface area (Å²) in [5.74, 6) is 0. The van der Waals surface area contributed by atoms with E-state index in [1.807, 2.05) is 25.1 Å². The third kappa shape index (κ3) is 3.72. The molecule has 2 aromatic carbocycles. The van der Waals surface area contributed by atoms with Gasteiger partial charge in [-0.1, -0.05) is 17.7 Å². The third-order valence-electron chi connectivity index (χ3n) is 2.97. The molecular weight excluding hydrogens is 296 g/mol. The molecule has 2 rings (SSSR count). The average Bonchev–Trinajstić information content (AvgIpc) is 2.37. The van der Waals surface area contributed by atoms with Crippen molar-refractivity contribution >= 4 is 27.3 Å². The molecule has 0 fully saturated rings. The summed E-state index contributed by atoms with van der Waals surface area (Å²) in [6, 6.07) is 12.0. The summed E-state index contributed by atoms with van der Waals surface area (Å²) in [5.41, 5.74) is 3.06. The highest BCUT2D eigenvalue weighted by Gasteiger charge is 2.06. The fourth-order valence-electron chi connectivity index (χ4n) is 1.82. The predicted molar refractivity (Wildman–Crippen MR) is 81.3 cm³/mol. The molecule has 0 aliphatic carbocycles. The van der Waals surface area contributed by atoms with Crippen molar-refractivity contribution in [2.45, 2.75) is 18.4 Å². The van der Waals surface area contributed by atoms with Crippen LogP contribution in [0.5, 0.6) is 0 Å². The van der Waals surface area contributed by atoms with Gasteiger partial charge in [-0.3, -0.25) is 0 Å². The van der Waals surface area contributed by atoms with E-state index in [1.54, 1.807) is 12.1 Å². The Morgan fingerprint density at radius 3 is 2.35 bits per heavy atom. The van der Waals surface area contributed by atoms with Gasteiger partial charge < -0.3 is 5.32 Å². The predicted octanol–water partition coefficient (Wildman–Crippen LogP) is 2.91. The summed E-state index contributed by atoms with van der Waals surface area (Å²) in [5, 5.41) is 8.98. The molecule has 0 aliphatic rings. The standard InChI is InChI=1S/C14H15ClN2O2S/c1-10-8-12(15)3-2-11(10)9-17-13-4-6-14(7-5-13)20(16,18)19/h2-8,17H,9H2,1H3,(H2,16,18,19). The molecule has 4 nitrogen and oxygen atoms in total. The first-order valence-corrected chi connectivity index (χ1v) is 7.90. The number of sulfonamides is 1. The molecule has 0 aromatic heterocycles. The molecule has 3 N–H and O–H groups in total. The molecule has 0 saturated carbocycles. The minimum absolute atomic E-state index is 0.103. The smallest absolute Gasteiger partial charge is 0.238 e. The summed E-state index contributed by atoms with van der Waals surface area (Å²) in [4.78, 5) is 0.103. The lowest BCUT2D eigenvalue weighted by Crippen LogP contribution is -2.12. The Balaban J connectivity index is 2.08. The zero-order valence-electron chi connectivity index (χ0n) is 10.9.